The van der Waals surface area contributed by atoms with Gasteiger partial charge in [0.15, 0.2) is 6.61 Å². The maximum absolute atomic E-state index is 12.3. The fourth-order valence-corrected chi connectivity index (χ4v) is 3.30. The molecule has 1 amide bonds. The van der Waals surface area contributed by atoms with Gasteiger partial charge in [0.25, 0.3) is 0 Å². The van der Waals surface area contributed by atoms with Gasteiger partial charge in [-0.3, -0.25) is 9.69 Å². The number of ketones is 1. The number of fused-ring (bicyclic) bond motifs is 1. The van der Waals surface area contributed by atoms with Gasteiger partial charge in [-0.15, -0.1) is 0 Å². The molecule has 3 rings (SSSR count). The van der Waals surface area contributed by atoms with Gasteiger partial charge >= 0.3 is 6.09 Å². The Morgan fingerprint density at radius 1 is 1.35 bits per heavy atom. The van der Waals surface area contributed by atoms with Gasteiger partial charge in [0.05, 0.1) is 11.1 Å². The van der Waals surface area contributed by atoms with Gasteiger partial charge in [-0.05, 0) is 39.8 Å². The SMILES string of the molecule is C[C@@H]1CN(C(=O)OC(C)(C)C)CCN1Cc1c(O)ccc2c1OCC2=O. The van der Waals surface area contributed by atoms with Crippen molar-refractivity contribution in [2.75, 3.05) is 26.2 Å². The molecular weight excluding hydrogens is 336 g/mol. The van der Waals surface area contributed by atoms with Crippen LogP contribution in [0.5, 0.6) is 11.5 Å². The molecule has 7 heteroatoms. The van der Waals surface area contributed by atoms with E-state index in [9.17, 15) is 14.7 Å². The summed E-state index contributed by atoms with van der Waals surface area (Å²) >= 11 is 0. The largest absolute Gasteiger partial charge is 0.507 e. The maximum atomic E-state index is 12.3. The topological polar surface area (TPSA) is 79.3 Å². The van der Waals surface area contributed by atoms with E-state index < -0.39 is 5.60 Å². The fourth-order valence-electron chi connectivity index (χ4n) is 3.30. The van der Waals surface area contributed by atoms with Crippen molar-refractivity contribution < 1.29 is 24.2 Å². The van der Waals surface area contributed by atoms with E-state index >= 15 is 0 Å². The van der Waals surface area contributed by atoms with Crippen LogP contribution in [0.2, 0.25) is 0 Å². The van der Waals surface area contributed by atoms with Crippen LogP contribution in [0.4, 0.5) is 4.79 Å². The van der Waals surface area contributed by atoms with E-state index in [-0.39, 0.29) is 30.3 Å². The molecule has 1 fully saturated rings. The van der Waals surface area contributed by atoms with Crippen LogP contribution in [-0.2, 0) is 11.3 Å². The molecule has 1 aromatic rings. The predicted molar refractivity (Wildman–Crippen MR) is 95.6 cm³/mol. The molecule has 1 aromatic carbocycles. The molecule has 0 saturated carbocycles. The van der Waals surface area contributed by atoms with Crippen molar-refractivity contribution in [2.24, 2.45) is 0 Å². The quantitative estimate of drug-likeness (QED) is 0.870. The molecule has 1 atom stereocenters. The first-order chi connectivity index (χ1) is 12.2. The summed E-state index contributed by atoms with van der Waals surface area (Å²) in [6.45, 7) is 9.82. The second kappa shape index (κ2) is 6.79. The van der Waals surface area contributed by atoms with E-state index in [4.69, 9.17) is 9.47 Å². The molecule has 7 nitrogen and oxygen atoms in total. The van der Waals surface area contributed by atoms with Crippen LogP contribution >= 0.6 is 0 Å². The summed E-state index contributed by atoms with van der Waals surface area (Å²) in [5, 5.41) is 10.2. The zero-order chi connectivity index (χ0) is 19.1. The van der Waals surface area contributed by atoms with Crippen molar-refractivity contribution in [2.45, 2.75) is 45.9 Å². The molecule has 26 heavy (non-hydrogen) atoms. The van der Waals surface area contributed by atoms with Crippen molar-refractivity contribution >= 4 is 11.9 Å². The number of ether oxygens (including phenoxy) is 2. The van der Waals surface area contributed by atoms with Crippen LogP contribution < -0.4 is 4.74 Å². The lowest BCUT2D eigenvalue weighted by Crippen LogP contribution is -2.54. The third-order valence-corrected chi connectivity index (χ3v) is 4.66. The number of nitrogens with zero attached hydrogens (tertiary/aromatic N) is 2. The average molecular weight is 362 g/mol. The molecule has 0 aliphatic carbocycles. The summed E-state index contributed by atoms with van der Waals surface area (Å²) in [4.78, 5) is 28.0. The Morgan fingerprint density at radius 3 is 2.73 bits per heavy atom. The van der Waals surface area contributed by atoms with Crippen molar-refractivity contribution in [1.82, 2.24) is 9.80 Å². The van der Waals surface area contributed by atoms with E-state index in [0.717, 1.165) is 0 Å². The Bertz CT molecular complexity index is 725. The number of benzene rings is 1. The Morgan fingerprint density at radius 2 is 2.08 bits per heavy atom. The number of Topliss-reactive ketones (excluding diaryl/α,β-unsaturated/α-hetero) is 1. The van der Waals surface area contributed by atoms with Crippen molar-refractivity contribution in [1.29, 1.82) is 0 Å². The Hall–Kier alpha value is -2.28. The molecule has 0 radical (unpaired) electrons. The zero-order valence-corrected chi connectivity index (χ0v) is 15.7. The number of hydrogen-bond donors (Lipinski definition) is 1. The summed E-state index contributed by atoms with van der Waals surface area (Å²) < 4.78 is 10.9. The van der Waals surface area contributed by atoms with Gasteiger partial charge in [-0.1, -0.05) is 0 Å². The van der Waals surface area contributed by atoms with Gasteiger partial charge in [0.1, 0.15) is 17.1 Å². The lowest BCUT2D eigenvalue weighted by atomic mass is 10.0. The summed E-state index contributed by atoms with van der Waals surface area (Å²) in [5.74, 6) is 0.543. The summed E-state index contributed by atoms with van der Waals surface area (Å²) in [7, 11) is 0. The molecular formula is C19H26N2O5. The standard InChI is InChI=1S/C19H26N2O5/c1-12-9-21(18(24)26-19(2,3)4)8-7-20(12)10-14-15(22)6-5-13-16(23)11-25-17(13)14/h5-6,12,22H,7-11H2,1-4H3/t12-/m1/s1. The highest BCUT2D eigenvalue weighted by atomic mass is 16.6. The molecule has 1 saturated heterocycles. The third-order valence-electron chi connectivity index (χ3n) is 4.66. The molecule has 2 aliphatic heterocycles. The van der Waals surface area contributed by atoms with Crippen LogP contribution in [0, 0.1) is 0 Å². The van der Waals surface area contributed by atoms with Gasteiger partial charge in [-0.2, -0.15) is 0 Å². The normalized spacial score (nSPS) is 20.7. The van der Waals surface area contributed by atoms with Gasteiger partial charge in [-0.25, -0.2) is 4.79 Å². The number of carbonyl (C=O) groups is 2. The lowest BCUT2D eigenvalue weighted by molar-refractivity contribution is 0.00440. The highest BCUT2D eigenvalue weighted by Crippen LogP contribution is 2.36. The number of aromatic hydroxyl groups is 1. The van der Waals surface area contributed by atoms with Gasteiger partial charge < -0.3 is 19.5 Å². The van der Waals surface area contributed by atoms with Gasteiger partial charge in [0, 0.05) is 32.2 Å². The number of phenols is 1. The first kappa shape index (κ1) is 18.5. The van der Waals surface area contributed by atoms with E-state index in [1.807, 2.05) is 27.7 Å². The summed E-state index contributed by atoms with van der Waals surface area (Å²) in [5.41, 5.74) is 0.640. The van der Waals surface area contributed by atoms with Crippen molar-refractivity contribution in [3.63, 3.8) is 0 Å². The zero-order valence-electron chi connectivity index (χ0n) is 15.7. The first-order valence-corrected chi connectivity index (χ1v) is 8.88. The monoisotopic (exact) mass is 362 g/mol. The van der Waals surface area contributed by atoms with Crippen LogP contribution in [0.15, 0.2) is 12.1 Å². The van der Waals surface area contributed by atoms with Crippen LogP contribution in [0.1, 0.15) is 43.6 Å². The van der Waals surface area contributed by atoms with E-state index in [2.05, 4.69) is 4.90 Å². The highest BCUT2D eigenvalue weighted by Gasteiger charge is 2.32. The molecule has 0 aromatic heterocycles. The number of piperazine rings is 1. The Balaban J connectivity index is 1.69. The molecule has 0 spiro atoms. The second-order valence-electron chi connectivity index (χ2n) is 7.90. The lowest BCUT2D eigenvalue weighted by Gasteiger charge is -2.40. The number of carbonyl (C=O) groups excluding carboxylic acids is 2. The minimum absolute atomic E-state index is 0.0216. The van der Waals surface area contributed by atoms with Crippen molar-refractivity contribution in [3.8, 4) is 11.5 Å². The van der Waals surface area contributed by atoms with Crippen LogP contribution in [0.3, 0.4) is 0 Å². The number of phenolic OH excluding ortho intramolecular Hbond substituents is 1. The Kier molecular flexibility index (Phi) is 4.84. The molecule has 142 valence electrons. The third kappa shape index (κ3) is 3.77. The summed E-state index contributed by atoms with van der Waals surface area (Å²) in [6.07, 6.45) is -0.304. The number of amides is 1. The fraction of sp³-hybridized carbons (Fsp3) is 0.579. The maximum Gasteiger partial charge on any atom is 0.410 e. The average Bonchev–Trinajstić information content (AvgIpc) is 2.91. The van der Waals surface area contributed by atoms with E-state index in [1.165, 1.54) is 0 Å². The van der Waals surface area contributed by atoms with Crippen molar-refractivity contribution in [3.05, 3.63) is 23.3 Å². The Labute approximate surface area is 153 Å². The molecule has 2 aliphatic rings. The smallest absolute Gasteiger partial charge is 0.410 e. The first-order valence-electron chi connectivity index (χ1n) is 8.88. The summed E-state index contributed by atoms with van der Waals surface area (Å²) in [6, 6.07) is 3.24. The van der Waals surface area contributed by atoms with Crippen LogP contribution in [0.25, 0.3) is 0 Å². The minimum atomic E-state index is -0.516. The van der Waals surface area contributed by atoms with Crippen LogP contribution in [-0.4, -0.2) is 64.7 Å². The predicted octanol–water partition coefficient (Wildman–Crippen LogP) is 2.41. The molecule has 0 bridgehead atoms. The molecule has 2 heterocycles. The molecule has 1 N–H and O–H groups in total. The second-order valence-corrected chi connectivity index (χ2v) is 7.90. The van der Waals surface area contributed by atoms with E-state index in [0.29, 0.717) is 43.1 Å². The van der Waals surface area contributed by atoms with E-state index in [1.54, 1.807) is 17.0 Å². The number of rotatable bonds is 2. The van der Waals surface area contributed by atoms with Gasteiger partial charge in [0.2, 0.25) is 5.78 Å². The molecule has 0 unspecified atom stereocenters. The highest BCUT2D eigenvalue weighted by molar-refractivity contribution is 6.02. The number of hydrogen-bond acceptors (Lipinski definition) is 6. The minimum Gasteiger partial charge on any atom is -0.507 e.